The first-order valence-electron chi connectivity index (χ1n) is 12.6. The molecule has 1 aliphatic heterocycles. The van der Waals surface area contributed by atoms with Gasteiger partial charge in [0.25, 0.3) is 5.91 Å². The maximum atomic E-state index is 13.0. The monoisotopic (exact) mass is 505 g/mol. The van der Waals surface area contributed by atoms with E-state index in [2.05, 4.69) is 62.6 Å². The van der Waals surface area contributed by atoms with Crippen molar-refractivity contribution in [2.24, 2.45) is 7.05 Å². The number of carbonyl (C=O) groups is 1. The zero-order valence-electron chi connectivity index (χ0n) is 21.8. The second-order valence-corrected chi connectivity index (χ2v) is 16.6. The van der Waals surface area contributed by atoms with Gasteiger partial charge in [-0.05, 0) is 44.6 Å². The molecule has 1 aliphatic rings. The van der Waals surface area contributed by atoms with Gasteiger partial charge in [-0.25, -0.2) is 4.98 Å². The van der Waals surface area contributed by atoms with Crippen molar-refractivity contribution < 1.29 is 9.53 Å². The van der Waals surface area contributed by atoms with Gasteiger partial charge in [0.2, 0.25) is 0 Å². The molecule has 1 atom stereocenters. The van der Waals surface area contributed by atoms with Gasteiger partial charge < -0.3 is 14.6 Å². The van der Waals surface area contributed by atoms with E-state index in [0.29, 0.717) is 24.3 Å². The van der Waals surface area contributed by atoms with Crippen LogP contribution in [0.3, 0.4) is 0 Å². The fourth-order valence-corrected chi connectivity index (χ4v) is 5.59. The summed E-state index contributed by atoms with van der Waals surface area (Å²) < 4.78 is 10.2. The Kier molecular flexibility index (Phi) is 6.67. The van der Waals surface area contributed by atoms with E-state index in [4.69, 9.17) is 4.74 Å². The molecule has 10 heteroatoms. The van der Waals surface area contributed by atoms with Gasteiger partial charge in [0.15, 0.2) is 0 Å². The number of fused-ring (bicyclic) bond motifs is 2. The lowest BCUT2D eigenvalue weighted by atomic mass is 10.1. The quantitative estimate of drug-likeness (QED) is 0.277. The highest BCUT2D eigenvalue weighted by Gasteiger charge is 2.27. The predicted molar refractivity (Wildman–Crippen MR) is 145 cm³/mol. The van der Waals surface area contributed by atoms with Crippen molar-refractivity contribution in [3.63, 3.8) is 0 Å². The van der Waals surface area contributed by atoms with Crippen LogP contribution in [-0.2, 0) is 18.5 Å². The van der Waals surface area contributed by atoms with Gasteiger partial charge in [0.1, 0.15) is 18.2 Å². The second kappa shape index (κ2) is 9.76. The zero-order valence-corrected chi connectivity index (χ0v) is 22.8. The number of hydrogen-bond donors (Lipinski definition) is 1. The Bertz CT molecular complexity index is 1400. The van der Waals surface area contributed by atoms with E-state index >= 15 is 0 Å². The first-order valence-corrected chi connectivity index (χ1v) is 16.3. The van der Waals surface area contributed by atoms with E-state index in [1.807, 2.05) is 19.3 Å². The molecule has 1 fully saturated rings. The highest BCUT2D eigenvalue weighted by atomic mass is 28.3. The Morgan fingerprint density at radius 1 is 1.08 bits per heavy atom. The van der Waals surface area contributed by atoms with Crippen molar-refractivity contribution in [2.45, 2.75) is 51.3 Å². The van der Waals surface area contributed by atoms with Crippen molar-refractivity contribution in [1.82, 2.24) is 29.2 Å². The highest BCUT2D eigenvalue weighted by molar-refractivity contribution is 6.76. The van der Waals surface area contributed by atoms with E-state index in [1.54, 1.807) is 23.1 Å². The molecule has 0 aromatic carbocycles. The molecule has 0 bridgehead atoms. The number of amides is 1. The molecular weight excluding hydrogens is 470 g/mol. The second-order valence-electron chi connectivity index (χ2n) is 11.0. The normalized spacial score (nSPS) is 16.9. The molecule has 1 N–H and O–H groups in total. The molecule has 190 valence electrons. The maximum Gasteiger partial charge on any atom is 0.275 e. The van der Waals surface area contributed by atoms with Crippen LogP contribution in [0.15, 0.2) is 36.8 Å². The molecule has 4 aromatic heterocycles. The predicted octanol–water partition coefficient (Wildman–Crippen LogP) is 4.65. The Morgan fingerprint density at radius 3 is 2.64 bits per heavy atom. The fraction of sp³-hybridized carbons (Fsp3) is 0.462. The van der Waals surface area contributed by atoms with Gasteiger partial charge in [-0.2, -0.15) is 5.10 Å². The van der Waals surface area contributed by atoms with E-state index in [1.165, 1.54) is 12.1 Å². The van der Waals surface area contributed by atoms with Gasteiger partial charge in [-0.1, -0.05) is 19.6 Å². The third kappa shape index (κ3) is 5.06. The van der Waals surface area contributed by atoms with Gasteiger partial charge >= 0.3 is 0 Å². The Balaban J connectivity index is 1.42. The summed E-state index contributed by atoms with van der Waals surface area (Å²) in [6, 6.07) is 7.39. The summed E-state index contributed by atoms with van der Waals surface area (Å²) in [7, 11) is 2.86. The topological polar surface area (TPSA) is 90.1 Å². The number of hydrogen-bond acceptors (Lipinski definition) is 6. The van der Waals surface area contributed by atoms with Crippen LogP contribution in [0.5, 0.6) is 0 Å². The number of carbonyl (C=O) groups excluding carboxylic acids is 1. The molecule has 9 nitrogen and oxygen atoms in total. The lowest BCUT2D eigenvalue weighted by molar-refractivity contribution is 0.0857. The first-order chi connectivity index (χ1) is 17.2. The molecule has 0 aliphatic carbocycles. The Labute approximate surface area is 212 Å². The van der Waals surface area contributed by atoms with Crippen LogP contribution in [0, 0.1) is 0 Å². The standard InChI is InChI=1S/C26H35N7O2Si/c1-31-8-6-7-21(31)24-11-18-14-28-25(13-23(18)33(24)17-35-9-10-36(3,4)5)30-26(34)20-12-22-19(15-27-20)16-29-32(22)2/h11-16,21H,6-10,17H2,1-5H3,(H,28,30,34)/t21-/m1/s1. The van der Waals surface area contributed by atoms with Gasteiger partial charge in [0, 0.05) is 62.7 Å². The van der Waals surface area contributed by atoms with Crippen molar-refractivity contribution in [3.05, 3.63) is 48.2 Å². The number of aryl methyl sites for hydroxylation is 1. The molecule has 0 radical (unpaired) electrons. The average molecular weight is 506 g/mol. The van der Waals surface area contributed by atoms with E-state index in [-0.39, 0.29) is 5.91 Å². The molecule has 1 amide bonds. The summed E-state index contributed by atoms with van der Waals surface area (Å²) in [6.07, 6.45) is 7.55. The average Bonchev–Trinajstić information content (AvgIpc) is 3.52. The van der Waals surface area contributed by atoms with Crippen molar-refractivity contribution >= 4 is 41.6 Å². The SMILES string of the molecule is CN1CCC[C@@H]1c1cc2cnc(NC(=O)c3cc4c(cn3)cnn4C)cc2n1COCC[Si](C)(C)C. The number of likely N-dealkylation sites (tertiary alicyclic amines) is 1. The van der Waals surface area contributed by atoms with Crippen LogP contribution in [0.25, 0.3) is 21.8 Å². The molecule has 0 unspecified atom stereocenters. The molecule has 5 rings (SSSR count). The van der Waals surface area contributed by atoms with Crippen molar-refractivity contribution in [3.8, 4) is 0 Å². The summed E-state index contributed by atoms with van der Waals surface area (Å²) in [5, 5.41) is 9.09. The fourth-order valence-electron chi connectivity index (χ4n) is 4.83. The minimum atomic E-state index is -1.17. The lowest BCUT2D eigenvalue weighted by Gasteiger charge is -2.22. The summed E-state index contributed by atoms with van der Waals surface area (Å²) in [6.45, 7) is 9.43. The van der Waals surface area contributed by atoms with Crippen molar-refractivity contribution in [2.75, 3.05) is 25.5 Å². The number of nitrogens with zero attached hydrogens (tertiary/aromatic N) is 6. The third-order valence-electron chi connectivity index (χ3n) is 7.00. The summed E-state index contributed by atoms with van der Waals surface area (Å²) in [4.78, 5) is 24.2. The smallest absolute Gasteiger partial charge is 0.275 e. The summed E-state index contributed by atoms with van der Waals surface area (Å²) >= 11 is 0. The minimum Gasteiger partial charge on any atom is -0.361 e. The summed E-state index contributed by atoms with van der Waals surface area (Å²) in [5.74, 6) is 0.192. The molecule has 5 heterocycles. The largest absolute Gasteiger partial charge is 0.361 e. The number of aromatic nitrogens is 5. The molecule has 0 saturated carbocycles. The van der Waals surface area contributed by atoms with Crippen LogP contribution in [0.1, 0.15) is 35.1 Å². The Hall–Kier alpha value is -3.08. The maximum absolute atomic E-state index is 13.0. The van der Waals surface area contributed by atoms with Gasteiger partial charge in [-0.15, -0.1) is 0 Å². The van der Waals surface area contributed by atoms with Crippen LogP contribution in [0.2, 0.25) is 25.7 Å². The number of pyridine rings is 2. The van der Waals surface area contributed by atoms with Crippen LogP contribution in [0.4, 0.5) is 5.82 Å². The molecular formula is C26H35N7O2Si. The number of ether oxygens (including phenoxy) is 1. The molecule has 4 aromatic rings. The molecule has 1 saturated heterocycles. The number of nitrogens with one attached hydrogen (secondary N) is 1. The molecule has 0 spiro atoms. The minimum absolute atomic E-state index is 0.301. The zero-order chi connectivity index (χ0) is 25.4. The van der Waals surface area contributed by atoms with Gasteiger partial charge in [-0.3, -0.25) is 19.4 Å². The third-order valence-corrected chi connectivity index (χ3v) is 8.71. The van der Waals surface area contributed by atoms with Crippen LogP contribution in [-0.4, -0.2) is 63.4 Å². The van der Waals surface area contributed by atoms with Crippen LogP contribution >= 0.6 is 0 Å². The summed E-state index contributed by atoms with van der Waals surface area (Å²) in [5.41, 5.74) is 3.44. The van der Waals surface area contributed by atoms with E-state index < -0.39 is 8.07 Å². The van der Waals surface area contributed by atoms with E-state index in [0.717, 1.165) is 47.4 Å². The number of rotatable bonds is 8. The van der Waals surface area contributed by atoms with Crippen molar-refractivity contribution in [1.29, 1.82) is 0 Å². The lowest BCUT2D eigenvalue weighted by Crippen LogP contribution is -2.23. The van der Waals surface area contributed by atoms with Crippen LogP contribution < -0.4 is 5.32 Å². The number of anilines is 1. The van der Waals surface area contributed by atoms with E-state index in [9.17, 15) is 4.79 Å². The first kappa shape index (κ1) is 24.6. The molecule has 36 heavy (non-hydrogen) atoms. The van der Waals surface area contributed by atoms with Gasteiger partial charge in [0.05, 0.1) is 17.2 Å². The Morgan fingerprint density at radius 2 is 1.89 bits per heavy atom. The highest BCUT2D eigenvalue weighted by Crippen LogP contribution is 2.34.